The number of methoxy groups -OCH3 is 1. The summed E-state index contributed by atoms with van der Waals surface area (Å²) in [4.78, 5) is 32.2. The van der Waals surface area contributed by atoms with Crippen molar-refractivity contribution >= 4 is 23.2 Å². The summed E-state index contributed by atoms with van der Waals surface area (Å²) in [5.41, 5.74) is 3.23. The fourth-order valence-corrected chi connectivity index (χ4v) is 4.70. The number of fused-ring (bicyclic) bond motifs is 1. The number of halogens is 3. The van der Waals surface area contributed by atoms with E-state index < -0.39 is 17.6 Å². The molecule has 4 aromatic rings. The number of benzene rings is 3. The third-order valence-corrected chi connectivity index (χ3v) is 6.58. The second kappa shape index (κ2) is 10.6. The molecule has 1 aliphatic rings. The van der Waals surface area contributed by atoms with E-state index in [0.29, 0.717) is 41.2 Å². The molecule has 39 heavy (non-hydrogen) atoms. The van der Waals surface area contributed by atoms with Gasteiger partial charge in [0.2, 0.25) is 5.91 Å². The van der Waals surface area contributed by atoms with E-state index in [1.807, 2.05) is 18.2 Å². The normalized spacial score (nSPS) is 12.7. The van der Waals surface area contributed by atoms with Gasteiger partial charge in [-0.2, -0.15) is 13.2 Å². The van der Waals surface area contributed by atoms with Crippen LogP contribution in [0.25, 0.3) is 11.1 Å². The van der Waals surface area contributed by atoms with Gasteiger partial charge in [0.15, 0.2) is 0 Å². The highest BCUT2D eigenvalue weighted by molar-refractivity contribution is 6.10. The highest BCUT2D eigenvalue weighted by Gasteiger charge is 2.30. The lowest BCUT2D eigenvalue weighted by molar-refractivity contribution is -0.137. The first-order valence-electron chi connectivity index (χ1n) is 12.2. The van der Waals surface area contributed by atoms with Gasteiger partial charge in [0.25, 0.3) is 5.91 Å². The Bertz CT molecular complexity index is 1520. The van der Waals surface area contributed by atoms with E-state index in [9.17, 15) is 22.8 Å². The van der Waals surface area contributed by atoms with Crippen LogP contribution in [0.15, 0.2) is 85.1 Å². The number of nitrogens with one attached hydrogen (secondary N) is 1. The van der Waals surface area contributed by atoms with Crippen molar-refractivity contribution in [3.63, 3.8) is 0 Å². The molecule has 0 unspecified atom stereocenters. The third-order valence-electron chi connectivity index (χ3n) is 6.58. The Morgan fingerprint density at radius 1 is 1.00 bits per heavy atom. The number of hydrogen-bond donors (Lipinski definition) is 1. The summed E-state index contributed by atoms with van der Waals surface area (Å²) in [7, 11) is 1.44. The van der Waals surface area contributed by atoms with E-state index in [1.165, 1.54) is 19.2 Å². The summed E-state index contributed by atoms with van der Waals surface area (Å²) in [6, 6.07) is 20.3. The van der Waals surface area contributed by atoms with Gasteiger partial charge < -0.3 is 15.0 Å². The number of carbonyl (C=O) groups is 2. The van der Waals surface area contributed by atoms with Crippen molar-refractivity contribution in [1.29, 1.82) is 0 Å². The second-order valence-corrected chi connectivity index (χ2v) is 9.05. The minimum atomic E-state index is -4.47. The lowest BCUT2D eigenvalue weighted by Gasteiger charge is -2.18. The molecule has 5 rings (SSSR count). The molecule has 0 saturated carbocycles. The molecule has 2 heterocycles. The molecular formula is C30H24F3N3O3. The van der Waals surface area contributed by atoms with Gasteiger partial charge >= 0.3 is 6.18 Å². The Morgan fingerprint density at radius 3 is 2.49 bits per heavy atom. The van der Waals surface area contributed by atoms with Crippen LogP contribution < -0.4 is 15.0 Å². The van der Waals surface area contributed by atoms with Gasteiger partial charge in [-0.05, 0) is 72.1 Å². The van der Waals surface area contributed by atoms with Gasteiger partial charge in [-0.25, -0.2) is 0 Å². The van der Waals surface area contributed by atoms with E-state index in [2.05, 4.69) is 10.3 Å². The van der Waals surface area contributed by atoms with E-state index in [0.717, 1.165) is 23.4 Å². The van der Waals surface area contributed by atoms with Crippen molar-refractivity contribution in [2.45, 2.75) is 19.0 Å². The quantitative estimate of drug-likeness (QED) is 0.324. The minimum Gasteiger partial charge on any atom is -0.496 e. The first-order valence-corrected chi connectivity index (χ1v) is 12.2. The van der Waals surface area contributed by atoms with Crippen molar-refractivity contribution in [2.75, 3.05) is 23.9 Å². The molecule has 0 radical (unpaired) electrons. The maximum Gasteiger partial charge on any atom is 0.416 e. The predicted molar refractivity (Wildman–Crippen MR) is 142 cm³/mol. The number of aromatic nitrogens is 1. The third kappa shape index (κ3) is 5.47. The Morgan fingerprint density at radius 2 is 1.79 bits per heavy atom. The zero-order valence-electron chi connectivity index (χ0n) is 21.0. The highest BCUT2D eigenvalue weighted by atomic mass is 19.4. The van der Waals surface area contributed by atoms with Crippen LogP contribution in [0, 0.1) is 0 Å². The first-order chi connectivity index (χ1) is 18.7. The molecule has 198 valence electrons. The van der Waals surface area contributed by atoms with Crippen LogP contribution in [0.3, 0.4) is 0 Å². The minimum absolute atomic E-state index is 0.0539. The van der Waals surface area contributed by atoms with E-state index in [4.69, 9.17) is 4.74 Å². The number of anilines is 2. The zero-order valence-corrected chi connectivity index (χ0v) is 21.0. The molecule has 1 aromatic heterocycles. The van der Waals surface area contributed by atoms with E-state index >= 15 is 0 Å². The largest absolute Gasteiger partial charge is 0.496 e. The van der Waals surface area contributed by atoms with Crippen LogP contribution in [-0.4, -0.2) is 30.5 Å². The summed E-state index contributed by atoms with van der Waals surface area (Å²) in [6.45, 7) is 0.534. The second-order valence-electron chi connectivity index (χ2n) is 9.05. The lowest BCUT2D eigenvalue weighted by Crippen LogP contribution is -2.30. The van der Waals surface area contributed by atoms with Crippen LogP contribution in [0.1, 0.15) is 27.2 Å². The number of ether oxygens (including phenoxy) is 1. The van der Waals surface area contributed by atoms with E-state index in [1.54, 1.807) is 47.5 Å². The smallest absolute Gasteiger partial charge is 0.416 e. The predicted octanol–water partition coefficient (Wildman–Crippen LogP) is 6.16. The van der Waals surface area contributed by atoms with Crippen molar-refractivity contribution < 1.29 is 27.5 Å². The molecule has 3 aromatic carbocycles. The Kier molecular flexibility index (Phi) is 7.06. The van der Waals surface area contributed by atoms with Crippen molar-refractivity contribution in [2.24, 2.45) is 0 Å². The summed E-state index contributed by atoms with van der Waals surface area (Å²) < 4.78 is 44.6. The monoisotopic (exact) mass is 531 g/mol. The number of hydrogen-bond acceptors (Lipinski definition) is 4. The Labute approximate surface area is 223 Å². The standard InChI is InChI=1S/C30H24F3N3O3/c1-39-26-7-4-6-24(28(26)19-8-10-21(11-9-19)30(31,32)33)29(38)35-23-12-13-25-20(17-23)14-16-36(25)27(37)18-22-5-2-3-15-34-22/h2-13,15,17H,14,16,18H2,1H3,(H,35,38). The van der Waals surface area contributed by atoms with Crippen molar-refractivity contribution in [3.05, 3.63) is 107 Å². The number of carbonyl (C=O) groups excluding carboxylic acids is 2. The number of pyridine rings is 1. The molecule has 9 heteroatoms. The summed E-state index contributed by atoms with van der Waals surface area (Å²) in [6.07, 6.45) is -1.98. The molecule has 0 bridgehead atoms. The van der Waals surface area contributed by atoms with Crippen LogP contribution in [0.4, 0.5) is 24.5 Å². The SMILES string of the molecule is COc1cccc(C(=O)Nc2ccc3c(c2)CCN3C(=O)Cc2ccccn2)c1-c1ccc(C(F)(F)F)cc1. The van der Waals surface area contributed by atoms with Gasteiger partial charge in [0, 0.05) is 35.4 Å². The van der Waals surface area contributed by atoms with Gasteiger partial charge in [-0.1, -0.05) is 24.3 Å². The highest BCUT2D eigenvalue weighted by Crippen LogP contribution is 2.37. The molecule has 0 aliphatic carbocycles. The Balaban J connectivity index is 1.37. The molecule has 0 spiro atoms. The number of amides is 2. The van der Waals surface area contributed by atoms with Gasteiger partial charge in [-0.3, -0.25) is 14.6 Å². The molecule has 0 fully saturated rings. The molecule has 2 amide bonds. The average molecular weight is 532 g/mol. The van der Waals surface area contributed by atoms with Gasteiger partial charge in [-0.15, -0.1) is 0 Å². The topological polar surface area (TPSA) is 71.5 Å². The average Bonchev–Trinajstić information content (AvgIpc) is 3.36. The maximum atomic E-state index is 13.4. The number of alkyl halides is 3. The summed E-state index contributed by atoms with van der Waals surface area (Å²) in [5.74, 6) is -0.134. The van der Waals surface area contributed by atoms with E-state index in [-0.39, 0.29) is 17.9 Å². The fourth-order valence-electron chi connectivity index (χ4n) is 4.70. The summed E-state index contributed by atoms with van der Waals surface area (Å²) >= 11 is 0. The van der Waals surface area contributed by atoms with Crippen LogP contribution in [-0.2, 0) is 23.8 Å². The zero-order chi connectivity index (χ0) is 27.6. The number of nitrogens with zero attached hydrogens (tertiary/aromatic N) is 2. The fraction of sp³-hybridized carbons (Fsp3) is 0.167. The molecule has 0 saturated heterocycles. The van der Waals surface area contributed by atoms with Gasteiger partial charge in [0.05, 0.1) is 24.7 Å². The summed E-state index contributed by atoms with van der Waals surface area (Å²) in [5, 5.41) is 2.88. The molecule has 1 aliphatic heterocycles. The molecule has 0 atom stereocenters. The lowest BCUT2D eigenvalue weighted by atomic mass is 9.96. The van der Waals surface area contributed by atoms with Crippen molar-refractivity contribution in [1.82, 2.24) is 4.98 Å². The van der Waals surface area contributed by atoms with Crippen LogP contribution in [0.2, 0.25) is 0 Å². The van der Waals surface area contributed by atoms with Crippen LogP contribution in [0.5, 0.6) is 5.75 Å². The van der Waals surface area contributed by atoms with Crippen molar-refractivity contribution in [3.8, 4) is 16.9 Å². The molecular weight excluding hydrogens is 507 g/mol. The molecule has 1 N–H and O–H groups in total. The van der Waals surface area contributed by atoms with Gasteiger partial charge in [0.1, 0.15) is 5.75 Å². The number of rotatable bonds is 6. The van der Waals surface area contributed by atoms with Crippen LogP contribution >= 0.6 is 0 Å². The Hall–Kier alpha value is -4.66. The first kappa shape index (κ1) is 26.0. The molecule has 6 nitrogen and oxygen atoms in total. The maximum absolute atomic E-state index is 13.4.